The van der Waals surface area contributed by atoms with Crippen LogP contribution in [0.1, 0.15) is 6.42 Å². The van der Waals surface area contributed by atoms with Crippen LogP contribution in [0, 0.1) is 0 Å². The highest BCUT2D eigenvalue weighted by Crippen LogP contribution is 2.09. The molecule has 0 aromatic heterocycles. The van der Waals surface area contributed by atoms with E-state index in [1.54, 1.807) is 0 Å². The van der Waals surface area contributed by atoms with E-state index in [2.05, 4.69) is 0 Å². The van der Waals surface area contributed by atoms with Crippen molar-refractivity contribution in [1.82, 2.24) is 0 Å². The molecule has 1 unspecified atom stereocenters. The van der Waals surface area contributed by atoms with Crippen LogP contribution in [0.5, 0.6) is 0 Å². The molecule has 0 radical (unpaired) electrons. The van der Waals surface area contributed by atoms with E-state index >= 15 is 0 Å². The van der Waals surface area contributed by atoms with E-state index in [1.807, 2.05) is 0 Å². The minimum Gasteiger partial charge on any atom is -0.238 e. The van der Waals surface area contributed by atoms with Crippen LogP contribution in [0.15, 0.2) is 36.2 Å². The van der Waals surface area contributed by atoms with Gasteiger partial charge in [0.25, 0.3) is 0 Å². The van der Waals surface area contributed by atoms with Crippen LogP contribution in [0.2, 0.25) is 0 Å². The first-order valence-electron chi connectivity index (χ1n) is 3.12. The van der Waals surface area contributed by atoms with Gasteiger partial charge in [0.1, 0.15) is 12.0 Å². The first-order valence-corrected chi connectivity index (χ1v) is 3.12. The average molecular weight is 142 g/mol. The highest BCUT2D eigenvalue weighted by molar-refractivity contribution is 5.17. The molecule has 2 heteroatoms. The van der Waals surface area contributed by atoms with Crippen LogP contribution in [-0.2, 0) is 0 Å². The van der Waals surface area contributed by atoms with Crippen LogP contribution in [-0.4, -0.2) is 6.17 Å². The fraction of sp³-hybridized carbons (Fsp3) is 0.250. The van der Waals surface area contributed by atoms with E-state index in [0.717, 1.165) is 0 Å². The van der Waals surface area contributed by atoms with E-state index in [9.17, 15) is 8.78 Å². The molecule has 1 aliphatic carbocycles. The van der Waals surface area contributed by atoms with Crippen molar-refractivity contribution in [1.29, 1.82) is 0 Å². The standard InChI is InChI=1S/C8H8F2/c9-7-3-1-4-8(10)6-2-5-7/h1-5,7H,6H2/b3-1-,5-2+,8-4+. The first-order chi connectivity index (χ1) is 4.79. The normalized spacial score (nSPS) is 37.0. The third-order valence-corrected chi connectivity index (χ3v) is 1.20. The molecule has 54 valence electrons. The second-order valence-electron chi connectivity index (χ2n) is 2.08. The van der Waals surface area contributed by atoms with Crippen molar-refractivity contribution in [2.24, 2.45) is 0 Å². The van der Waals surface area contributed by atoms with Gasteiger partial charge in [0.2, 0.25) is 0 Å². The topological polar surface area (TPSA) is 0 Å². The number of rotatable bonds is 0. The highest BCUT2D eigenvalue weighted by Gasteiger charge is 1.97. The van der Waals surface area contributed by atoms with E-state index in [4.69, 9.17) is 0 Å². The van der Waals surface area contributed by atoms with Gasteiger partial charge in [-0.1, -0.05) is 18.2 Å². The number of allylic oxidation sites excluding steroid dienone is 6. The molecule has 0 spiro atoms. The summed E-state index contributed by atoms with van der Waals surface area (Å²) in [6.07, 6.45) is 5.92. The molecule has 0 amide bonds. The predicted molar refractivity (Wildman–Crippen MR) is 37.0 cm³/mol. The van der Waals surface area contributed by atoms with Crippen LogP contribution in [0.4, 0.5) is 8.78 Å². The molecule has 10 heavy (non-hydrogen) atoms. The summed E-state index contributed by atoms with van der Waals surface area (Å²) in [5, 5.41) is 0. The smallest absolute Gasteiger partial charge is 0.137 e. The molecule has 0 bridgehead atoms. The predicted octanol–water partition coefficient (Wildman–Crippen LogP) is 2.69. The minimum absolute atomic E-state index is 0.199. The van der Waals surface area contributed by atoms with Crippen LogP contribution in [0.25, 0.3) is 0 Å². The largest absolute Gasteiger partial charge is 0.238 e. The molecule has 0 N–H and O–H groups in total. The molecule has 0 nitrogen and oxygen atoms in total. The first kappa shape index (κ1) is 7.19. The van der Waals surface area contributed by atoms with Gasteiger partial charge in [0.15, 0.2) is 0 Å². The molecule has 0 heterocycles. The van der Waals surface area contributed by atoms with Crippen LogP contribution < -0.4 is 0 Å². The van der Waals surface area contributed by atoms with Gasteiger partial charge < -0.3 is 0 Å². The van der Waals surface area contributed by atoms with Gasteiger partial charge in [-0.3, -0.25) is 0 Å². The van der Waals surface area contributed by atoms with Crippen molar-refractivity contribution in [3.63, 3.8) is 0 Å². The molecule has 0 aliphatic heterocycles. The van der Waals surface area contributed by atoms with Gasteiger partial charge >= 0.3 is 0 Å². The molecule has 0 saturated heterocycles. The summed E-state index contributed by atoms with van der Waals surface area (Å²) in [5.41, 5.74) is 0. The molecular formula is C8H8F2. The van der Waals surface area contributed by atoms with E-state index in [-0.39, 0.29) is 12.2 Å². The van der Waals surface area contributed by atoms with Gasteiger partial charge in [-0.15, -0.1) is 0 Å². The SMILES string of the molecule is F/C1=C/C=C\C(F)/C=C/C1. The summed E-state index contributed by atoms with van der Waals surface area (Å²) in [4.78, 5) is 0. The average Bonchev–Trinajstić information content (AvgIpc) is 1.84. The van der Waals surface area contributed by atoms with Gasteiger partial charge in [-0.2, -0.15) is 0 Å². The molecule has 0 aromatic rings. The summed E-state index contributed by atoms with van der Waals surface area (Å²) >= 11 is 0. The number of halogens is 2. The van der Waals surface area contributed by atoms with Crippen LogP contribution in [0.3, 0.4) is 0 Å². The van der Waals surface area contributed by atoms with Crippen molar-refractivity contribution in [2.45, 2.75) is 12.6 Å². The fourth-order valence-electron chi connectivity index (χ4n) is 0.709. The Kier molecular flexibility index (Phi) is 2.37. The number of hydrogen-bond acceptors (Lipinski definition) is 0. The maximum atomic E-state index is 12.4. The van der Waals surface area contributed by atoms with E-state index < -0.39 is 6.17 Å². The highest BCUT2D eigenvalue weighted by atomic mass is 19.1. The van der Waals surface area contributed by atoms with Crippen molar-refractivity contribution in [2.75, 3.05) is 0 Å². The lowest BCUT2D eigenvalue weighted by Gasteiger charge is -1.96. The monoisotopic (exact) mass is 142 g/mol. The Morgan fingerprint density at radius 2 is 2.20 bits per heavy atom. The summed E-state index contributed by atoms with van der Waals surface area (Å²) in [6, 6.07) is 0. The third kappa shape index (κ3) is 2.13. The Labute approximate surface area is 58.6 Å². The number of hydrogen-bond donors (Lipinski definition) is 0. The maximum Gasteiger partial charge on any atom is 0.137 e. The van der Waals surface area contributed by atoms with Crippen LogP contribution >= 0.6 is 0 Å². The molecule has 1 atom stereocenters. The second-order valence-corrected chi connectivity index (χ2v) is 2.08. The zero-order valence-corrected chi connectivity index (χ0v) is 5.43. The third-order valence-electron chi connectivity index (χ3n) is 1.20. The molecule has 0 saturated carbocycles. The Bertz CT molecular complexity index is 189. The van der Waals surface area contributed by atoms with Crippen molar-refractivity contribution >= 4 is 0 Å². The Hall–Kier alpha value is -0.920. The van der Waals surface area contributed by atoms with E-state index in [0.29, 0.717) is 0 Å². The fourth-order valence-corrected chi connectivity index (χ4v) is 0.709. The lowest BCUT2D eigenvalue weighted by molar-refractivity contribution is 0.467. The summed E-state index contributed by atoms with van der Waals surface area (Å²) in [5.74, 6) is -0.237. The quantitative estimate of drug-likeness (QED) is 0.456. The number of alkyl halides is 1. The molecule has 0 aromatic carbocycles. The Balaban J connectivity index is 2.70. The zero-order chi connectivity index (χ0) is 7.40. The Morgan fingerprint density at radius 1 is 1.40 bits per heavy atom. The molecule has 0 fully saturated rings. The molecule has 1 aliphatic rings. The van der Waals surface area contributed by atoms with Crippen molar-refractivity contribution in [3.05, 3.63) is 36.2 Å². The zero-order valence-electron chi connectivity index (χ0n) is 5.43. The summed E-state index contributed by atoms with van der Waals surface area (Å²) in [7, 11) is 0. The van der Waals surface area contributed by atoms with E-state index in [1.165, 1.54) is 30.4 Å². The van der Waals surface area contributed by atoms with Gasteiger partial charge in [-0.05, 0) is 12.2 Å². The molecular weight excluding hydrogens is 134 g/mol. The second kappa shape index (κ2) is 3.30. The van der Waals surface area contributed by atoms with Crippen molar-refractivity contribution < 1.29 is 8.78 Å². The summed E-state index contributed by atoms with van der Waals surface area (Å²) < 4.78 is 24.8. The lowest BCUT2D eigenvalue weighted by Crippen LogP contribution is -1.89. The van der Waals surface area contributed by atoms with Crippen molar-refractivity contribution in [3.8, 4) is 0 Å². The Morgan fingerprint density at radius 3 is 3.00 bits per heavy atom. The van der Waals surface area contributed by atoms with Gasteiger partial charge in [0, 0.05) is 6.42 Å². The van der Waals surface area contributed by atoms with Gasteiger partial charge in [-0.25, -0.2) is 8.78 Å². The van der Waals surface area contributed by atoms with Gasteiger partial charge in [0.05, 0.1) is 0 Å². The molecule has 1 rings (SSSR count). The minimum atomic E-state index is -1.07. The maximum absolute atomic E-state index is 12.4. The lowest BCUT2D eigenvalue weighted by atomic mass is 10.2. The summed E-state index contributed by atoms with van der Waals surface area (Å²) in [6.45, 7) is 0.